The highest BCUT2D eigenvalue weighted by Crippen LogP contribution is 2.19. The van der Waals surface area contributed by atoms with E-state index in [1.165, 1.54) is 11.8 Å². The minimum absolute atomic E-state index is 0.0187. The Morgan fingerprint density at radius 2 is 2.15 bits per heavy atom. The van der Waals surface area contributed by atoms with Crippen molar-refractivity contribution in [3.63, 3.8) is 0 Å². The average molecular weight is 375 g/mol. The number of aliphatic hydroxyl groups is 1. The Bertz CT molecular complexity index is 765. The third kappa shape index (κ3) is 4.64. The van der Waals surface area contributed by atoms with Crippen molar-refractivity contribution in [2.75, 3.05) is 18.8 Å². The maximum atomic E-state index is 12.4. The summed E-state index contributed by atoms with van der Waals surface area (Å²) in [6, 6.07) is 10.8. The van der Waals surface area contributed by atoms with Gasteiger partial charge in [0.15, 0.2) is 5.69 Å². The van der Waals surface area contributed by atoms with E-state index in [0.717, 1.165) is 4.90 Å². The van der Waals surface area contributed by atoms with Gasteiger partial charge < -0.3 is 19.8 Å². The van der Waals surface area contributed by atoms with Crippen LogP contribution >= 0.6 is 11.8 Å². The number of thioether (sulfide) groups is 1. The van der Waals surface area contributed by atoms with Crippen LogP contribution in [0.25, 0.3) is 0 Å². The first-order valence-corrected chi connectivity index (χ1v) is 9.39. The van der Waals surface area contributed by atoms with Crippen LogP contribution in [-0.2, 0) is 4.79 Å². The fourth-order valence-electron chi connectivity index (χ4n) is 2.80. The number of aromatic nitrogens is 1. The number of rotatable bonds is 5. The molecule has 2 heterocycles. The summed E-state index contributed by atoms with van der Waals surface area (Å²) in [6.07, 6.45) is -0.322. The quantitative estimate of drug-likeness (QED) is 0.769. The monoisotopic (exact) mass is 375 g/mol. The molecule has 3 rings (SSSR count). The number of hydrogen-bond acceptors (Lipinski definition) is 6. The third-order valence-electron chi connectivity index (χ3n) is 4.22. The van der Waals surface area contributed by atoms with Crippen LogP contribution in [0.1, 0.15) is 22.7 Å². The minimum atomic E-state index is -0.814. The molecule has 0 radical (unpaired) electrons. The molecule has 2 aromatic rings. The number of carbonyl (C=O) groups is 2. The molecule has 0 unspecified atom stereocenters. The molecule has 2 amide bonds. The summed E-state index contributed by atoms with van der Waals surface area (Å²) >= 11 is 1.47. The molecule has 7 nitrogen and oxygen atoms in total. The summed E-state index contributed by atoms with van der Waals surface area (Å²) in [5, 5.41) is 16.7. The van der Waals surface area contributed by atoms with Gasteiger partial charge in [0.05, 0.1) is 17.9 Å². The number of aryl methyl sites for hydroxylation is 1. The Labute approximate surface area is 155 Å². The largest absolute Gasteiger partial charge is 0.389 e. The number of amides is 2. The maximum Gasteiger partial charge on any atom is 0.273 e. The predicted molar refractivity (Wildman–Crippen MR) is 96.9 cm³/mol. The summed E-state index contributed by atoms with van der Waals surface area (Å²) in [4.78, 5) is 27.1. The Morgan fingerprint density at radius 1 is 1.38 bits per heavy atom. The number of nitrogens with zero attached hydrogens (tertiary/aromatic N) is 2. The normalized spacial score (nSPS) is 20.0. The van der Waals surface area contributed by atoms with Crippen LogP contribution in [0.5, 0.6) is 0 Å². The molecule has 26 heavy (non-hydrogen) atoms. The number of benzene rings is 1. The van der Waals surface area contributed by atoms with E-state index >= 15 is 0 Å². The van der Waals surface area contributed by atoms with Crippen molar-refractivity contribution in [1.29, 1.82) is 0 Å². The van der Waals surface area contributed by atoms with Gasteiger partial charge in [0.1, 0.15) is 5.76 Å². The summed E-state index contributed by atoms with van der Waals surface area (Å²) in [5.74, 6) is 0.471. The third-order valence-corrected chi connectivity index (χ3v) is 5.21. The van der Waals surface area contributed by atoms with Gasteiger partial charge in [0.25, 0.3) is 5.91 Å². The summed E-state index contributed by atoms with van der Waals surface area (Å²) in [7, 11) is 0. The summed E-state index contributed by atoms with van der Waals surface area (Å²) in [6.45, 7) is 2.40. The molecule has 0 spiro atoms. The smallest absolute Gasteiger partial charge is 0.273 e. The number of piperidine rings is 1. The van der Waals surface area contributed by atoms with Gasteiger partial charge >= 0.3 is 0 Å². The van der Waals surface area contributed by atoms with Crippen molar-refractivity contribution in [2.24, 2.45) is 0 Å². The van der Waals surface area contributed by atoms with E-state index in [1.54, 1.807) is 17.9 Å². The lowest BCUT2D eigenvalue weighted by Gasteiger charge is -2.36. The molecule has 1 aliphatic heterocycles. The van der Waals surface area contributed by atoms with Crippen molar-refractivity contribution in [3.8, 4) is 0 Å². The van der Waals surface area contributed by atoms with Gasteiger partial charge in [-0.15, -0.1) is 11.8 Å². The molecule has 1 fully saturated rings. The fraction of sp³-hybridized carbons (Fsp3) is 0.389. The molecule has 1 saturated heterocycles. The van der Waals surface area contributed by atoms with Crippen LogP contribution in [0, 0.1) is 6.92 Å². The van der Waals surface area contributed by atoms with Gasteiger partial charge in [-0.3, -0.25) is 9.59 Å². The van der Waals surface area contributed by atoms with Gasteiger partial charge in [-0.1, -0.05) is 23.4 Å². The fourth-order valence-corrected chi connectivity index (χ4v) is 3.62. The first-order valence-electron chi connectivity index (χ1n) is 8.41. The zero-order valence-electron chi connectivity index (χ0n) is 14.4. The van der Waals surface area contributed by atoms with E-state index in [1.807, 2.05) is 30.3 Å². The minimum Gasteiger partial charge on any atom is -0.389 e. The van der Waals surface area contributed by atoms with Gasteiger partial charge in [0.2, 0.25) is 5.91 Å². The van der Waals surface area contributed by atoms with Gasteiger partial charge in [-0.05, 0) is 25.5 Å². The molecular formula is C18H21N3O4S. The first-order chi connectivity index (χ1) is 12.5. The highest BCUT2D eigenvalue weighted by Gasteiger charge is 2.31. The molecule has 2 atom stereocenters. The van der Waals surface area contributed by atoms with Crippen molar-refractivity contribution >= 4 is 23.6 Å². The number of aliphatic hydroxyl groups excluding tert-OH is 1. The lowest BCUT2D eigenvalue weighted by molar-refractivity contribution is -0.131. The van der Waals surface area contributed by atoms with Gasteiger partial charge in [-0.2, -0.15) is 0 Å². The Hall–Kier alpha value is -2.32. The average Bonchev–Trinajstić information content (AvgIpc) is 3.08. The van der Waals surface area contributed by atoms with Gasteiger partial charge in [-0.25, -0.2) is 0 Å². The molecule has 0 saturated carbocycles. The Morgan fingerprint density at radius 3 is 2.81 bits per heavy atom. The molecule has 2 N–H and O–H groups in total. The molecule has 0 aliphatic carbocycles. The second kappa shape index (κ2) is 8.37. The topological polar surface area (TPSA) is 95.7 Å². The van der Waals surface area contributed by atoms with Crippen molar-refractivity contribution in [2.45, 2.75) is 30.4 Å². The zero-order chi connectivity index (χ0) is 18.5. The van der Waals surface area contributed by atoms with E-state index in [0.29, 0.717) is 24.5 Å². The standard InChI is InChI=1S/C18H21N3O4S/c1-12-9-15(20-25-12)18(24)19-14-7-8-21(10-16(14)22)17(23)11-26-13-5-3-2-4-6-13/h2-6,9,14,16,22H,7-8,10-11H2,1H3,(H,19,24)/t14-,16-/m1/s1. The lowest BCUT2D eigenvalue weighted by atomic mass is 10.0. The van der Waals surface area contributed by atoms with Crippen LogP contribution in [0.15, 0.2) is 45.8 Å². The maximum absolute atomic E-state index is 12.4. The SMILES string of the molecule is Cc1cc(C(=O)N[C@@H]2CCN(C(=O)CSc3ccccc3)C[C@H]2O)no1. The molecule has 1 aromatic carbocycles. The van der Waals surface area contributed by atoms with Crippen LogP contribution in [0.3, 0.4) is 0 Å². The Kier molecular flexibility index (Phi) is 5.95. The van der Waals surface area contributed by atoms with Crippen LogP contribution in [0.4, 0.5) is 0 Å². The molecule has 138 valence electrons. The van der Waals surface area contributed by atoms with E-state index in [-0.39, 0.29) is 24.1 Å². The molecule has 8 heteroatoms. The number of hydrogen-bond donors (Lipinski definition) is 2. The second-order valence-electron chi connectivity index (χ2n) is 6.20. The van der Waals surface area contributed by atoms with Crippen LogP contribution < -0.4 is 5.32 Å². The Balaban J connectivity index is 1.48. The van der Waals surface area contributed by atoms with Gasteiger partial charge in [0, 0.05) is 24.1 Å². The van der Waals surface area contributed by atoms with Crippen molar-refractivity contribution < 1.29 is 19.2 Å². The number of β-amino-alcohol motifs (C(OH)–C–C–N with tert-alkyl or cyclic N) is 1. The summed E-state index contributed by atoms with van der Waals surface area (Å²) < 4.78 is 4.88. The van der Waals surface area contributed by atoms with E-state index in [4.69, 9.17) is 4.52 Å². The summed E-state index contributed by atoms with van der Waals surface area (Å²) in [5.41, 5.74) is 0.187. The predicted octanol–water partition coefficient (Wildman–Crippen LogP) is 1.47. The van der Waals surface area contributed by atoms with Crippen molar-refractivity contribution in [3.05, 3.63) is 47.9 Å². The number of likely N-dealkylation sites (tertiary alicyclic amines) is 1. The number of carbonyl (C=O) groups excluding carboxylic acids is 2. The van der Waals surface area contributed by atoms with Crippen molar-refractivity contribution in [1.82, 2.24) is 15.4 Å². The lowest BCUT2D eigenvalue weighted by Crippen LogP contribution is -2.55. The molecular weight excluding hydrogens is 354 g/mol. The highest BCUT2D eigenvalue weighted by molar-refractivity contribution is 8.00. The highest BCUT2D eigenvalue weighted by atomic mass is 32.2. The van der Waals surface area contributed by atoms with E-state index in [2.05, 4.69) is 10.5 Å². The van der Waals surface area contributed by atoms with Crippen LogP contribution in [-0.4, -0.2) is 58.0 Å². The molecule has 1 aliphatic rings. The molecule has 1 aromatic heterocycles. The van der Waals surface area contributed by atoms with E-state index in [9.17, 15) is 14.7 Å². The second-order valence-corrected chi connectivity index (χ2v) is 7.25. The molecule has 0 bridgehead atoms. The zero-order valence-corrected chi connectivity index (χ0v) is 15.2. The number of nitrogens with one attached hydrogen (secondary N) is 1. The van der Waals surface area contributed by atoms with E-state index < -0.39 is 12.1 Å². The van der Waals surface area contributed by atoms with Crippen LogP contribution in [0.2, 0.25) is 0 Å². The first kappa shape index (κ1) is 18.5.